The molecule has 1 aliphatic heterocycles. The van der Waals surface area contributed by atoms with Gasteiger partial charge >= 0.3 is 5.97 Å². The Kier molecular flexibility index (Phi) is 5.79. The Morgan fingerprint density at radius 2 is 1.86 bits per heavy atom. The van der Waals surface area contributed by atoms with Gasteiger partial charge in [0.1, 0.15) is 16.4 Å². The Morgan fingerprint density at radius 3 is 2.51 bits per heavy atom. The van der Waals surface area contributed by atoms with Gasteiger partial charge in [0.05, 0.1) is 5.54 Å². The van der Waals surface area contributed by atoms with Crippen LogP contribution in [0.25, 0.3) is 10.4 Å². The number of halogens is 1. The lowest BCUT2D eigenvalue weighted by Crippen LogP contribution is -2.44. The first kappa shape index (κ1) is 24.0. The van der Waals surface area contributed by atoms with Gasteiger partial charge in [-0.3, -0.25) is 4.79 Å². The minimum atomic E-state index is -4.09. The molecule has 0 radical (unpaired) electrons. The molecular weight excluding hydrogens is 508 g/mol. The number of ether oxygens (including phenoxy) is 1. The summed E-state index contributed by atoms with van der Waals surface area (Å²) in [6.45, 7) is 4.33. The molecule has 5 rings (SSSR count). The van der Waals surface area contributed by atoms with E-state index in [0.29, 0.717) is 28.7 Å². The number of hydrogen-bond donors (Lipinski definition) is 2. The van der Waals surface area contributed by atoms with Gasteiger partial charge < -0.3 is 9.84 Å². The molecule has 2 N–H and O–H groups in total. The maximum Gasteiger partial charge on any atom is 0.325 e. The second-order valence-corrected chi connectivity index (χ2v) is 12.8. The highest BCUT2D eigenvalue weighted by Gasteiger charge is 2.64. The van der Waals surface area contributed by atoms with Crippen molar-refractivity contribution in [2.75, 3.05) is 6.61 Å². The zero-order valence-electron chi connectivity index (χ0n) is 19.0. The zero-order chi connectivity index (χ0) is 25.0. The molecule has 0 saturated heterocycles. The number of carboxylic acid groups (broad SMARTS) is 1. The van der Waals surface area contributed by atoms with Crippen LogP contribution in [0, 0.1) is 0 Å². The first-order valence-electron chi connectivity index (χ1n) is 11.0. The predicted molar refractivity (Wildman–Crippen MR) is 136 cm³/mol. The van der Waals surface area contributed by atoms with Crippen molar-refractivity contribution in [3.05, 3.63) is 76.8 Å². The van der Waals surface area contributed by atoms with Gasteiger partial charge in [-0.15, -0.1) is 11.3 Å². The van der Waals surface area contributed by atoms with Crippen LogP contribution in [0.1, 0.15) is 37.3 Å². The molecule has 1 aromatic heterocycles. The summed E-state index contributed by atoms with van der Waals surface area (Å²) in [5.74, 6) is -1.33. The van der Waals surface area contributed by atoms with E-state index >= 15 is 0 Å². The number of hydrogen-bond acceptors (Lipinski definition) is 6. The number of sulfonamides is 1. The maximum atomic E-state index is 13.3. The quantitative estimate of drug-likeness (QED) is 0.451. The third-order valence-electron chi connectivity index (χ3n) is 6.17. The summed E-state index contributed by atoms with van der Waals surface area (Å²) >= 11 is 7.02. The Bertz CT molecular complexity index is 1450. The fraction of sp³-hybridized carbons (Fsp3) is 0.280. The topological polar surface area (TPSA) is 105 Å². The van der Waals surface area contributed by atoms with Gasteiger partial charge in [0.15, 0.2) is 0 Å². The van der Waals surface area contributed by atoms with E-state index in [2.05, 4.69) is 9.71 Å². The molecule has 2 atom stereocenters. The summed E-state index contributed by atoms with van der Waals surface area (Å²) in [4.78, 5) is 17.7. The highest BCUT2D eigenvalue weighted by atomic mass is 35.5. The molecule has 0 spiro atoms. The maximum absolute atomic E-state index is 13.3. The summed E-state index contributed by atoms with van der Waals surface area (Å²) in [5.41, 5.74) is 0.188. The minimum absolute atomic E-state index is 0.0484. The normalized spacial score (nSPS) is 22.9. The van der Waals surface area contributed by atoms with E-state index in [-0.39, 0.29) is 16.2 Å². The number of aliphatic imine (C=N–C) groups is 1. The van der Waals surface area contributed by atoms with Gasteiger partial charge in [0, 0.05) is 21.4 Å². The number of nitrogens with zero attached hydrogens (tertiary/aromatic N) is 1. The third-order valence-corrected chi connectivity index (χ3v) is 9.55. The standard InChI is InChI=1S/C25H23ClN2O5S2/c1-24(2)14-33-22(27-24)18-6-4-3-5-17(18)19-13-25(19,23(29)30)28-35(31,32)21-12-11-20(34-21)15-7-9-16(26)10-8-15/h3-12,19,28H,13-14H2,1-2H3,(H,29,30)/t19-,25+/m0/s1. The highest BCUT2D eigenvalue weighted by molar-refractivity contribution is 7.91. The monoisotopic (exact) mass is 530 g/mol. The lowest BCUT2D eigenvalue weighted by atomic mass is 10.00. The zero-order valence-corrected chi connectivity index (χ0v) is 21.4. The van der Waals surface area contributed by atoms with Crippen LogP contribution in [0.5, 0.6) is 0 Å². The molecule has 10 heteroatoms. The van der Waals surface area contributed by atoms with Crippen molar-refractivity contribution >= 4 is 44.8 Å². The van der Waals surface area contributed by atoms with Gasteiger partial charge in [-0.05, 0) is 61.7 Å². The summed E-state index contributed by atoms with van der Waals surface area (Å²) in [5, 5.41) is 10.7. The average molecular weight is 531 g/mol. The van der Waals surface area contributed by atoms with E-state index in [1.807, 2.05) is 26.0 Å². The molecule has 2 heterocycles. The molecule has 182 valence electrons. The molecule has 0 amide bonds. The van der Waals surface area contributed by atoms with Crippen molar-refractivity contribution in [1.82, 2.24) is 4.72 Å². The number of carbonyl (C=O) groups is 1. The number of carboxylic acids is 1. The van der Waals surface area contributed by atoms with Crippen LogP contribution in [0.4, 0.5) is 0 Å². The lowest BCUT2D eigenvalue weighted by molar-refractivity contribution is -0.140. The first-order chi connectivity index (χ1) is 16.5. The summed E-state index contributed by atoms with van der Waals surface area (Å²) in [6.07, 6.45) is 0.130. The molecule has 0 unspecified atom stereocenters. The fourth-order valence-electron chi connectivity index (χ4n) is 4.27. The number of aliphatic carboxylic acids is 1. The number of thiophene rings is 1. The Labute approximate surface area is 212 Å². The third kappa shape index (κ3) is 4.49. The van der Waals surface area contributed by atoms with Crippen molar-refractivity contribution in [2.24, 2.45) is 4.99 Å². The van der Waals surface area contributed by atoms with Crippen molar-refractivity contribution in [3.8, 4) is 10.4 Å². The first-order valence-corrected chi connectivity index (χ1v) is 13.6. The van der Waals surface area contributed by atoms with Crippen molar-refractivity contribution in [1.29, 1.82) is 0 Å². The second kappa shape index (κ2) is 8.44. The molecule has 1 aliphatic carbocycles. The minimum Gasteiger partial charge on any atom is -0.480 e. The molecule has 2 aromatic carbocycles. The van der Waals surface area contributed by atoms with E-state index < -0.39 is 27.4 Å². The van der Waals surface area contributed by atoms with Gasteiger partial charge in [-0.2, -0.15) is 4.72 Å². The average Bonchev–Trinajstić information content (AvgIpc) is 3.14. The van der Waals surface area contributed by atoms with Crippen molar-refractivity contribution in [2.45, 2.75) is 41.5 Å². The van der Waals surface area contributed by atoms with E-state index in [1.54, 1.807) is 42.5 Å². The van der Waals surface area contributed by atoms with Crippen molar-refractivity contribution < 1.29 is 23.1 Å². The van der Waals surface area contributed by atoms with Gasteiger partial charge in [-0.1, -0.05) is 41.9 Å². The second-order valence-electron chi connectivity index (χ2n) is 9.37. The van der Waals surface area contributed by atoms with E-state index in [1.165, 1.54) is 6.07 Å². The Balaban J connectivity index is 1.44. The van der Waals surface area contributed by atoms with E-state index in [9.17, 15) is 18.3 Å². The molecule has 2 aliphatic rings. The molecule has 1 fully saturated rings. The summed E-state index contributed by atoms with van der Waals surface area (Å²) < 4.78 is 34.8. The molecular formula is C25H23ClN2O5S2. The molecule has 0 bridgehead atoms. The van der Waals surface area contributed by atoms with Gasteiger partial charge in [-0.25, -0.2) is 13.4 Å². The van der Waals surface area contributed by atoms with Crippen LogP contribution in [-0.2, 0) is 19.6 Å². The fourth-order valence-corrected chi connectivity index (χ4v) is 7.12. The van der Waals surface area contributed by atoms with E-state index in [0.717, 1.165) is 21.8 Å². The van der Waals surface area contributed by atoms with Crippen LogP contribution in [0.15, 0.2) is 69.9 Å². The van der Waals surface area contributed by atoms with Crippen molar-refractivity contribution in [3.63, 3.8) is 0 Å². The molecule has 7 nitrogen and oxygen atoms in total. The SMILES string of the molecule is CC1(C)COC(c2ccccc2[C@@H]2C[C@]2(NS(=O)(=O)c2ccc(-c3ccc(Cl)cc3)s2)C(=O)O)=N1. The highest BCUT2D eigenvalue weighted by Crippen LogP contribution is 2.54. The Hall–Kier alpha value is -2.72. The summed E-state index contributed by atoms with van der Waals surface area (Å²) in [7, 11) is -4.09. The van der Waals surface area contributed by atoms with Crippen LogP contribution in [0.3, 0.4) is 0 Å². The van der Waals surface area contributed by atoms with Crippen LogP contribution in [-0.4, -0.2) is 43.1 Å². The van der Waals surface area contributed by atoms with Crippen LogP contribution < -0.4 is 4.72 Å². The smallest absolute Gasteiger partial charge is 0.325 e. The predicted octanol–water partition coefficient (Wildman–Crippen LogP) is 4.91. The Morgan fingerprint density at radius 1 is 1.14 bits per heavy atom. The largest absolute Gasteiger partial charge is 0.480 e. The lowest BCUT2D eigenvalue weighted by Gasteiger charge is -2.16. The van der Waals surface area contributed by atoms with Gasteiger partial charge in [0.2, 0.25) is 5.90 Å². The van der Waals surface area contributed by atoms with Crippen LogP contribution >= 0.6 is 22.9 Å². The number of rotatable bonds is 7. The summed E-state index contributed by atoms with van der Waals surface area (Å²) in [6, 6.07) is 17.5. The number of nitrogens with one attached hydrogen (secondary N) is 1. The van der Waals surface area contributed by atoms with Gasteiger partial charge in [0.25, 0.3) is 10.0 Å². The molecule has 3 aromatic rings. The number of benzene rings is 2. The molecule has 35 heavy (non-hydrogen) atoms. The van der Waals surface area contributed by atoms with E-state index in [4.69, 9.17) is 16.3 Å². The van der Waals surface area contributed by atoms with Crippen LogP contribution in [0.2, 0.25) is 5.02 Å². The molecule has 1 saturated carbocycles.